The van der Waals surface area contributed by atoms with Crippen LogP contribution >= 0.6 is 59.1 Å². The van der Waals surface area contributed by atoms with Gasteiger partial charge in [0.25, 0.3) is 0 Å². The van der Waals surface area contributed by atoms with E-state index in [1.165, 1.54) is 17.4 Å². The normalized spacial score (nSPS) is 12.8. The largest absolute Gasteiger partial charge is 0.204 e. The minimum Gasteiger partial charge on any atom is -0.204 e. The topological polar surface area (TPSA) is 0 Å². The molecular formula is C11H5Br3F2S. The van der Waals surface area contributed by atoms with Crippen LogP contribution in [0.1, 0.15) is 16.0 Å². The van der Waals surface area contributed by atoms with Gasteiger partial charge in [0.1, 0.15) is 0 Å². The third-order valence-electron chi connectivity index (χ3n) is 2.21. The molecule has 2 aromatic rings. The Morgan fingerprint density at radius 3 is 2.41 bits per heavy atom. The van der Waals surface area contributed by atoms with E-state index in [2.05, 4.69) is 47.8 Å². The van der Waals surface area contributed by atoms with Gasteiger partial charge in [0.05, 0.1) is 12.4 Å². The molecule has 0 spiro atoms. The predicted octanol–water partition coefficient (Wildman–Crippen LogP) is 6.04. The second-order valence-electron chi connectivity index (χ2n) is 3.29. The summed E-state index contributed by atoms with van der Waals surface area (Å²) in [6.07, 6.45) is 0. The van der Waals surface area contributed by atoms with E-state index >= 15 is 0 Å². The maximum absolute atomic E-state index is 13.6. The maximum Gasteiger partial charge on any atom is 0.163 e. The Kier molecular flexibility index (Phi) is 4.39. The van der Waals surface area contributed by atoms with Gasteiger partial charge in [-0.1, -0.05) is 28.1 Å². The molecule has 0 aliphatic heterocycles. The lowest BCUT2D eigenvalue weighted by Crippen LogP contribution is -1.98. The highest BCUT2D eigenvalue weighted by atomic mass is 79.9. The number of hydrogen-bond acceptors (Lipinski definition) is 1. The highest BCUT2D eigenvalue weighted by molar-refractivity contribution is 9.12. The Labute approximate surface area is 126 Å². The first-order valence-corrected chi connectivity index (χ1v) is 7.85. The van der Waals surface area contributed by atoms with Crippen molar-refractivity contribution in [2.75, 3.05) is 0 Å². The van der Waals surface area contributed by atoms with Gasteiger partial charge in [-0.3, -0.25) is 0 Å². The maximum atomic E-state index is 13.6. The molecule has 17 heavy (non-hydrogen) atoms. The van der Waals surface area contributed by atoms with Gasteiger partial charge in [0, 0.05) is 5.56 Å². The summed E-state index contributed by atoms with van der Waals surface area (Å²) in [7, 11) is 0. The third kappa shape index (κ3) is 2.80. The van der Waals surface area contributed by atoms with Gasteiger partial charge in [-0.2, -0.15) is 0 Å². The molecular weight excluding hydrogens is 442 g/mol. The van der Waals surface area contributed by atoms with Crippen LogP contribution in [0.25, 0.3) is 0 Å². The highest BCUT2D eigenvalue weighted by Gasteiger charge is 2.21. The number of hydrogen-bond donors (Lipinski definition) is 0. The number of alkyl halides is 1. The summed E-state index contributed by atoms with van der Waals surface area (Å²) in [5, 5.41) is 0. The van der Waals surface area contributed by atoms with Crippen molar-refractivity contribution in [3.63, 3.8) is 0 Å². The highest BCUT2D eigenvalue weighted by Crippen LogP contribution is 2.42. The summed E-state index contributed by atoms with van der Waals surface area (Å²) < 4.78 is 28.6. The Bertz CT molecular complexity index is 554. The lowest BCUT2D eigenvalue weighted by Gasteiger charge is -2.10. The molecule has 0 nitrogen and oxygen atoms in total. The number of rotatable bonds is 2. The van der Waals surface area contributed by atoms with Crippen molar-refractivity contribution in [2.24, 2.45) is 0 Å². The number of halogens is 5. The van der Waals surface area contributed by atoms with E-state index in [9.17, 15) is 8.78 Å². The van der Waals surface area contributed by atoms with Crippen LogP contribution in [0.15, 0.2) is 31.8 Å². The summed E-state index contributed by atoms with van der Waals surface area (Å²) >= 11 is 11.6. The van der Waals surface area contributed by atoms with E-state index in [0.29, 0.717) is 0 Å². The van der Waals surface area contributed by atoms with Crippen LogP contribution in [0.3, 0.4) is 0 Å². The molecule has 0 saturated carbocycles. The minimum atomic E-state index is -0.836. The zero-order valence-corrected chi connectivity index (χ0v) is 13.8. The summed E-state index contributed by atoms with van der Waals surface area (Å²) in [6.45, 7) is 0. The molecule has 90 valence electrons. The van der Waals surface area contributed by atoms with Crippen LogP contribution in [0.4, 0.5) is 8.78 Å². The Hall–Kier alpha value is 0.220. The average Bonchev–Trinajstić information content (AvgIpc) is 2.61. The van der Waals surface area contributed by atoms with Gasteiger partial charge >= 0.3 is 0 Å². The molecule has 2 rings (SSSR count). The molecule has 0 N–H and O–H groups in total. The minimum absolute atomic E-state index is 0.288. The molecule has 1 heterocycles. The molecule has 0 amide bonds. The average molecular weight is 447 g/mol. The first-order chi connectivity index (χ1) is 8.00. The predicted molar refractivity (Wildman–Crippen MR) is 76.8 cm³/mol. The van der Waals surface area contributed by atoms with Crippen molar-refractivity contribution in [1.29, 1.82) is 0 Å². The van der Waals surface area contributed by atoms with Crippen molar-refractivity contribution in [1.82, 2.24) is 0 Å². The van der Waals surface area contributed by atoms with Crippen LogP contribution in [0.2, 0.25) is 0 Å². The molecule has 6 heteroatoms. The van der Waals surface area contributed by atoms with Gasteiger partial charge in [0.2, 0.25) is 0 Å². The first-order valence-electron chi connectivity index (χ1n) is 4.53. The fourth-order valence-electron chi connectivity index (χ4n) is 1.41. The van der Waals surface area contributed by atoms with Crippen LogP contribution in [-0.2, 0) is 0 Å². The molecule has 0 radical (unpaired) electrons. The van der Waals surface area contributed by atoms with E-state index in [-0.39, 0.29) is 10.4 Å². The molecule has 0 aliphatic carbocycles. The second-order valence-corrected chi connectivity index (χ2v) is 7.95. The fourth-order valence-corrected chi connectivity index (χ4v) is 5.49. The summed E-state index contributed by atoms with van der Waals surface area (Å²) in [5.74, 6) is -1.65. The standard InChI is InChI=1S/C11H5Br3F2S/c12-8-4-6(11(14)17-8)9(13)5-2-1-3-7(15)10(5)16/h1-4,9H. The van der Waals surface area contributed by atoms with Crippen molar-refractivity contribution < 1.29 is 8.78 Å². The molecule has 1 aromatic heterocycles. The van der Waals surface area contributed by atoms with Gasteiger partial charge in [-0.25, -0.2) is 8.78 Å². The molecule has 1 unspecified atom stereocenters. The van der Waals surface area contributed by atoms with Gasteiger partial charge < -0.3 is 0 Å². The van der Waals surface area contributed by atoms with Gasteiger partial charge in [0.15, 0.2) is 11.6 Å². The monoisotopic (exact) mass is 444 g/mol. The molecule has 0 bridgehead atoms. The van der Waals surface area contributed by atoms with Gasteiger partial charge in [-0.05, 0) is 49.6 Å². The number of benzene rings is 1. The Morgan fingerprint density at radius 1 is 1.12 bits per heavy atom. The van der Waals surface area contributed by atoms with Crippen molar-refractivity contribution in [2.45, 2.75) is 4.83 Å². The molecule has 0 fully saturated rings. The molecule has 1 aromatic carbocycles. The van der Waals surface area contributed by atoms with Crippen molar-refractivity contribution in [3.8, 4) is 0 Å². The Balaban J connectivity index is 2.47. The van der Waals surface area contributed by atoms with Crippen molar-refractivity contribution in [3.05, 3.63) is 54.6 Å². The summed E-state index contributed by atoms with van der Waals surface area (Å²) in [5.41, 5.74) is 1.15. The fraction of sp³-hybridized carbons (Fsp3) is 0.0909. The summed E-state index contributed by atoms with van der Waals surface area (Å²) in [6, 6.07) is 6.04. The molecule has 0 aliphatic rings. The van der Waals surface area contributed by atoms with E-state index in [1.54, 1.807) is 6.07 Å². The van der Waals surface area contributed by atoms with E-state index < -0.39 is 11.6 Å². The third-order valence-corrected chi connectivity index (χ3v) is 5.58. The molecule has 1 atom stereocenters. The first kappa shape index (κ1) is 13.6. The number of thiophene rings is 1. The van der Waals surface area contributed by atoms with Crippen LogP contribution in [0, 0.1) is 11.6 Å². The lowest BCUT2D eigenvalue weighted by atomic mass is 10.1. The smallest absolute Gasteiger partial charge is 0.163 e. The zero-order chi connectivity index (χ0) is 12.6. The van der Waals surface area contributed by atoms with Crippen LogP contribution in [0.5, 0.6) is 0 Å². The van der Waals surface area contributed by atoms with E-state index in [0.717, 1.165) is 19.2 Å². The molecule has 0 saturated heterocycles. The zero-order valence-electron chi connectivity index (χ0n) is 8.18. The van der Waals surface area contributed by atoms with Crippen molar-refractivity contribution >= 4 is 59.1 Å². The van der Waals surface area contributed by atoms with Crippen LogP contribution in [-0.4, -0.2) is 0 Å². The lowest BCUT2D eigenvalue weighted by molar-refractivity contribution is 0.500. The SMILES string of the molecule is Fc1cccc(C(Br)c2cc(Br)sc2Br)c1F. The second kappa shape index (κ2) is 5.47. The Morgan fingerprint density at radius 2 is 1.82 bits per heavy atom. The van der Waals surface area contributed by atoms with Gasteiger partial charge in [-0.15, -0.1) is 11.3 Å². The summed E-state index contributed by atoms with van der Waals surface area (Å²) in [4.78, 5) is -0.380. The quantitative estimate of drug-likeness (QED) is 0.494. The van der Waals surface area contributed by atoms with Crippen LogP contribution < -0.4 is 0 Å². The van der Waals surface area contributed by atoms with E-state index in [1.807, 2.05) is 6.07 Å². The van der Waals surface area contributed by atoms with E-state index in [4.69, 9.17) is 0 Å².